The van der Waals surface area contributed by atoms with Crippen LogP contribution in [0.5, 0.6) is 11.5 Å². The molecule has 5 heteroatoms. The molecule has 4 aromatic rings. The third kappa shape index (κ3) is 3.24. The van der Waals surface area contributed by atoms with Gasteiger partial charge in [0.15, 0.2) is 11.5 Å². The van der Waals surface area contributed by atoms with E-state index in [0.29, 0.717) is 23.8 Å². The molecule has 0 aliphatic carbocycles. The summed E-state index contributed by atoms with van der Waals surface area (Å²) < 4.78 is 26.4. The predicted octanol–water partition coefficient (Wildman–Crippen LogP) is 4.73. The van der Waals surface area contributed by atoms with Crippen molar-refractivity contribution in [2.24, 2.45) is 0 Å². The van der Waals surface area contributed by atoms with Crippen LogP contribution in [0.15, 0.2) is 73.1 Å². The molecule has 0 atom stereocenters. The van der Waals surface area contributed by atoms with E-state index in [9.17, 15) is 4.39 Å². The highest BCUT2D eigenvalue weighted by atomic mass is 19.1. The number of nitrogens with zero attached hydrogens (tertiary/aromatic N) is 2. The van der Waals surface area contributed by atoms with Crippen molar-refractivity contribution >= 4 is 5.65 Å². The number of ether oxygens (including phenoxy) is 2. The van der Waals surface area contributed by atoms with Crippen molar-refractivity contribution in [2.75, 3.05) is 7.11 Å². The summed E-state index contributed by atoms with van der Waals surface area (Å²) in [5.41, 5.74) is 3.38. The van der Waals surface area contributed by atoms with Gasteiger partial charge in [-0.3, -0.25) is 0 Å². The zero-order chi connectivity index (χ0) is 17.9. The van der Waals surface area contributed by atoms with Crippen molar-refractivity contribution in [3.8, 4) is 22.8 Å². The number of aromatic nitrogens is 2. The third-order valence-electron chi connectivity index (χ3n) is 4.11. The van der Waals surface area contributed by atoms with Crippen LogP contribution in [0.2, 0.25) is 0 Å². The zero-order valence-corrected chi connectivity index (χ0v) is 14.2. The van der Waals surface area contributed by atoms with Crippen LogP contribution in [0, 0.1) is 5.82 Å². The fourth-order valence-electron chi connectivity index (χ4n) is 2.79. The Morgan fingerprint density at radius 1 is 0.962 bits per heavy atom. The maximum absolute atomic E-state index is 13.4. The van der Waals surface area contributed by atoms with Crippen LogP contribution in [0.1, 0.15) is 5.56 Å². The molecule has 0 aliphatic rings. The first-order valence-corrected chi connectivity index (χ1v) is 8.22. The summed E-state index contributed by atoms with van der Waals surface area (Å²) in [6.07, 6.45) is 3.19. The molecule has 0 saturated carbocycles. The fourth-order valence-corrected chi connectivity index (χ4v) is 2.79. The molecule has 0 radical (unpaired) electrons. The Bertz CT molecular complexity index is 1040. The first kappa shape index (κ1) is 16.1. The number of fused-ring (bicyclic) bond motifs is 1. The smallest absolute Gasteiger partial charge is 0.161 e. The molecular weight excluding hydrogens is 331 g/mol. The van der Waals surface area contributed by atoms with Crippen molar-refractivity contribution in [3.63, 3.8) is 0 Å². The second-order valence-electron chi connectivity index (χ2n) is 5.88. The summed E-state index contributed by atoms with van der Waals surface area (Å²) in [5.74, 6) is 0.986. The van der Waals surface area contributed by atoms with E-state index >= 15 is 0 Å². The lowest BCUT2D eigenvalue weighted by molar-refractivity contribution is 0.284. The molecule has 26 heavy (non-hydrogen) atoms. The van der Waals surface area contributed by atoms with Crippen LogP contribution in [-0.4, -0.2) is 16.5 Å². The average Bonchev–Trinajstić information content (AvgIpc) is 3.10. The summed E-state index contributed by atoms with van der Waals surface area (Å²) in [4.78, 5) is 4.52. The summed E-state index contributed by atoms with van der Waals surface area (Å²) in [6.45, 7) is 0.462. The molecule has 0 saturated heterocycles. The van der Waals surface area contributed by atoms with E-state index in [-0.39, 0.29) is 5.82 Å². The van der Waals surface area contributed by atoms with Gasteiger partial charge in [-0.15, -0.1) is 0 Å². The number of rotatable bonds is 5. The van der Waals surface area contributed by atoms with E-state index < -0.39 is 0 Å². The van der Waals surface area contributed by atoms with Crippen molar-refractivity contribution in [3.05, 3.63) is 84.4 Å². The monoisotopic (exact) mass is 348 g/mol. The highest BCUT2D eigenvalue weighted by Gasteiger charge is 2.10. The average molecular weight is 348 g/mol. The van der Waals surface area contributed by atoms with Gasteiger partial charge in [-0.05, 0) is 35.9 Å². The molecule has 0 bridgehead atoms. The molecule has 4 rings (SSSR count). The highest BCUT2D eigenvalue weighted by molar-refractivity contribution is 5.66. The Morgan fingerprint density at radius 3 is 2.62 bits per heavy atom. The minimum Gasteiger partial charge on any atom is -0.493 e. The van der Waals surface area contributed by atoms with E-state index in [4.69, 9.17) is 9.47 Å². The van der Waals surface area contributed by atoms with Crippen LogP contribution in [0.25, 0.3) is 16.9 Å². The summed E-state index contributed by atoms with van der Waals surface area (Å²) in [7, 11) is 1.60. The topological polar surface area (TPSA) is 35.8 Å². The second kappa shape index (κ2) is 6.88. The summed E-state index contributed by atoms with van der Waals surface area (Å²) >= 11 is 0. The molecule has 0 spiro atoms. The molecule has 4 nitrogen and oxygen atoms in total. The molecule has 130 valence electrons. The Hall–Kier alpha value is -3.34. The van der Waals surface area contributed by atoms with E-state index in [2.05, 4.69) is 4.98 Å². The van der Waals surface area contributed by atoms with E-state index in [0.717, 1.165) is 16.8 Å². The van der Waals surface area contributed by atoms with Gasteiger partial charge in [0.2, 0.25) is 0 Å². The summed E-state index contributed by atoms with van der Waals surface area (Å²) in [5, 5.41) is 0. The molecule has 2 aromatic heterocycles. The summed E-state index contributed by atoms with van der Waals surface area (Å²) in [6, 6.07) is 18.6. The predicted molar refractivity (Wildman–Crippen MR) is 97.9 cm³/mol. The molecule has 2 heterocycles. The molecule has 0 fully saturated rings. The quantitative estimate of drug-likeness (QED) is 0.523. The van der Waals surface area contributed by atoms with Gasteiger partial charge in [0.05, 0.1) is 12.8 Å². The Kier molecular flexibility index (Phi) is 4.27. The minimum atomic E-state index is -0.302. The molecule has 0 amide bonds. The van der Waals surface area contributed by atoms with Gasteiger partial charge in [-0.25, -0.2) is 9.37 Å². The van der Waals surface area contributed by atoms with Crippen LogP contribution in [-0.2, 0) is 6.61 Å². The van der Waals surface area contributed by atoms with Gasteiger partial charge < -0.3 is 13.9 Å². The number of hydrogen-bond acceptors (Lipinski definition) is 3. The van der Waals surface area contributed by atoms with Crippen molar-refractivity contribution in [1.29, 1.82) is 0 Å². The molecule has 0 aliphatic heterocycles. The standard InChI is InChI=1S/C21H17FN2O2/c1-25-20-11-16(18-13-24-12-17(22)8-10-21(24)23-18)7-9-19(20)26-14-15-5-3-2-4-6-15/h2-13H,14H2,1H3. The SMILES string of the molecule is COc1cc(-c2cn3cc(F)ccc3n2)ccc1OCc1ccccc1. The lowest BCUT2D eigenvalue weighted by Crippen LogP contribution is -1.97. The van der Waals surface area contributed by atoms with Gasteiger partial charge in [-0.2, -0.15) is 0 Å². The molecule has 0 unspecified atom stereocenters. The van der Waals surface area contributed by atoms with Crippen LogP contribution in [0.3, 0.4) is 0 Å². The highest BCUT2D eigenvalue weighted by Crippen LogP contribution is 2.32. The molecule has 0 N–H and O–H groups in total. The molecule has 2 aromatic carbocycles. The fraction of sp³-hybridized carbons (Fsp3) is 0.0952. The molecular formula is C21H17FN2O2. The number of hydrogen-bond donors (Lipinski definition) is 0. The van der Waals surface area contributed by atoms with Gasteiger partial charge in [0.1, 0.15) is 18.1 Å². The first-order chi connectivity index (χ1) is 12.7. The van der Waals surface area contributed by atoms with Crippen molar-refractivity contribution in [1.82, 2.24) is 9.38 Å². The van der Waals surface area contributed by atoms with Gasteiger partial charge in [0.25, 0.3) is 0 Å². The van der Waals surface area contributed by atoms with Gasteiger partial charge in [0, 0.05) is 18.0 Å². The largest absolute Gasteiger partial charge is 0.493 e. The van der Waals surface area contributed by atoms with E-state index in [1.807, 2.05) is 48.5 Å². The number of imidazole rings is 1. The Labute approximate surface area is 150 Å². The van der Waals surface area contributed by atoms with Crippen LogP contribution in [0.4, 0.5) is 4.39 Å². The second-order valence-corrected chi connectivity index (χ2v) is 5.88. The van der Waals surface area contributed by atoms with Gasteiger partial charge in [-0.1, -0.05) is 30.3 Å². The van der Waals surface area contributed by atoms with E-state index in [1.54, 1.807) is 23.8 Å². The number of methoxy groups -OCH3 is 1. The Morgan fingerprint density at radius 2 is 1.81 bits per heavy atom. The number of pyridine rings is 1. The minimum absolute atomic E-state index is 0.302. The van der Waals surface area contributed by atoms with Crippen LogP contribution < -0.4 is 9.47 Å². The van der Waals surface area contributed by atoms with Crippen molar-refractivity contribution < 1.29 is 13.9 Å². The number of benzene rings is 2. The normalized spacial score (nSPS) is 10.8. The number of halogens is 1. The lowest BCUT2D eigenvalue weighted by Gasteiger charge is -2.11. The third-order valence-corrected chi connectivity index (χ3v) is 4.11. The van der Waals surface area contributed by atoms with Crippen LogP contribution >= 0.6 is 0 Å². The maximum atomic E-state index is 13.4. The van der Waals surface area contributed by atoms with E-state index in [1.165, 1.54) is 12.3 Å². The lowest BCUT2D eigenvalue weighted by atomic mass is 10.1. The van der Waals surface area contributed by atoms with Crippen molar-refractivity contribution in [2.45, 2.75) is 6.61 Å². The maximum Gasteiger partial charge on any atom is 0.161 e. The zero-order valence-electron chi connectivity index (χ0n) is 14.2. The first-order valence-electron chi connectivity index (χ1n) is 8.22. The Balaban J connectivity index is 1.61. The van der Waals surface area contributed by atoms with Gasteiger partial charge >= 0.3 is 0 Å².